The minimum Gasteiger partial charge on any atom is -0.497 e. The molecule has 4 heteroatoms. The number of methoxy groups -OCH3 is 1. The molecular formula is C15H20N2O2. The fraction of sp³-hybridized carbons (Fsp3) is 0.400. The smallest absolute Gasteiger partial charge is 0.208 e. The molecule has 0 aliphatic heterocycles. The molecule has 0 fully saturated rings. The minimum absolute atomic E-state index is 0.362. The fourth-order valence-electron chi connectivity index (χ4n) is 1.93. The molecule has 1 atom stereocenters. The van der Waals surface area contributed by atoms with Gasteiger partial charge in [-0.15, -0.1) is 0 Å². The van der Waals surface area contributed by atoms with Crippen LogP contribution in [-0.2, 0) is 13.0 Å². The summed E-state index contributed by atoms with van der Waals surface area (Å²) >= 11 is 0. The molecule has 1 heterocycles. The van der Waals surface area contributed by atoms with Crippen LogP contribution in [0.1, 0.15) is 24.1 Å². The van der Waals surface area contributed by atoms with E-state index in [1.54, 1.807) is 13.3 Å². The Morgan fingerprint density at radius 3 is 2.63 bits per heavy atom. The normalized spacial score (nSPS) is 12.4. The molecule has 0 aliphatic carbocycles. The number of benzene rings is 1. The van der Waals surface area contributed by atoms with Gasteiger partial charge in [-0.3, -0.25) is 0 Å². The van der Waals surface area contributed by atoms with E-state index in [9.17, 15) is 0 Å². The van der Waals surface area contributed by atoms with E-state index in [-0.39, 0.29) is 0 Å². The van der Waals surface area contributed by atoms with Crippen molar-refractivity contribution in [2.24, 2.45) is 0 Å². The summed E-state index contributed by atoms with van der Waals surface area (Å²) in [6.07, 6.45) is 2.70. The summed E-state index contributed by atoms with van der Waals surface area (Å²) in [6.45, 7) is 4.71. The maximum Gasteiger partial charge on any atom is 0.208 e. The molecule has 0 saturated heterocycles. The number of oxazole rings is 1. The molecule has 2 rings (SSSR count). The summed E-state index contributed by atoms with van der Waals surface area (Å²) in [6, 6.07) is 8.51. The fourth-order valence-corrected chi connectivity index (χ4v) is 1.93. The maximum atomic E-state index is 5.42. The van der Waals surface area contributed by atoms with Crippen molar-refractivity contribution in [2.45, 2.75) is 32.9 Å². The lowest BCUT2D eigenvalue weighted by atomic mass is 10.1. The predicted molar refractivity (Wildman–Crippen MR) is 74.2 cm³/mol. The van der Waals surface area contributed by atoms with Crippen LogP contribution in [0.3, 0.4) is 0 Å². The Morgan fingerprint density at radius 1 is 1.32 bits per heavy atom. The lowest BCUT2D eigenvalue weighted by molar-refractivity contribution is 0.414. The van der Waals surface area contributed by atoms with Gasteiger partial charge in [-0.05, 0) is 38.0 Å². The predicted octanol–water partition coefficient (Wildman–Crippen LogP) is 2.71. The van der Waals surface area contributed by atoms with Crippen molar-refractivity contribution in [1.29, 1.82) is 0 Å². The van der Waals surface area contributed by atoms with Crippen LogP contribution in [-0.4, -0.2) is 18.1 Å². The number of hydrogen-bond acceptors (Lipinski definition) is 4. The van der Waals surface area contributed by atoms with Crippen LogP contribution in [0.5, 0.6) is 5.75 Å². The second-order valence-electron chi connectivity index (χ2n) is 4.70. The number of nitrogens with zero attached hydrogens (tertiary/aromatic N) is 1. The van der Waals surface area contributed by atoms with Crippen LogP contribution in [0.4, 0.5) is 0 Å². The first-order chi connectivity index (χ1) is 9.17. The SMILES string of the molecule is COc1ccc(CC(C)NCc2ncc(C)o2)cc1. The Labute approximate surface area is 113 Å². The van der Waals surface area contributed by atoms with Gasteiger partial charge in [0.2, 0.25) is 5.89 Å². The van der Waals surface area contributed by atoms with Gasteiger partial charge < -0.3 is 14.5 Å². The Balaban J connectivity index is 1.81. The summed E-state index contributed by atoms with van der Waals surface area (Å²) < 4.78 is 10.6. The first kappa shape index (κ1) is 13.6. The van der Waals surface area contributed by atoms with E-state index >= 15 is 0 Å². The Hall–Kier alpha value is -1.81. The van der Waals surface area contributed by atoms with Gasteiger partial charge >= 0.3 is 0 Å². The molecule has 19 heavy (non-hydrogen) atoms. The monoisotopic (exact) mass is 260 g/mol. The van der Waals surface area contributed by atoms with Gasteiger partial charge in [0.15, 0.2) is 0 Å². The van der Waals surface area contributed by atoms with E-state index in [1.165, 1.54) is 5.56 Å². The molecule has 0 saturated carbocycles. The van der Waals surface area contributed by atoms with Crippen molar-refractivity contribution in [3.8, 4) is 5.75 Å². The molecule has 1 aromatic carbocycles. The molecule has 0 amide bonds. The second kappa shape index (κ2) is 6.38. The van der Waals surface area contributed by atoms with Crippen molar-refractivity contribution in [2.75, 3.05) is 7.11 Å². The van der Waals surface area contributed by atoms with E-state index < -0.39 is 0 Å². The number of ether oxygens (including phenoxy) is 1. The van der Waals surface area contributed by atoms with Crippen LogP contribution >= 0.6 is 0 Å². The maximum absolute atomic E-state index is 5.42. The number of nitrogens with one attached hydrogen (secondary N) is 1. The largest absolute Gasteiger partial charge is 0.497 e. The van der Waals surface area contributed by atoms with Crippen molar-refractivity contribution in [3.05, 3.63) is 47.7 Å². The molecule has 2 aromatic rings. The average Bonchev–Trinajstić information content (AvgIpc) is 2.83. The van der Waals surface area contributed by atoms with E-state index in [2.05, 4.69) is 29.4 Å². The zero-order valence-electron chi connectivity index (χ0n) is 11.6. The molecule has 4 nitrogen and oxygen atoms in total. The Kier molecular flexibility index (Phi) is 4.58. The van der Waals surface area contributed by atoms with Crippen molar-refractivity contribution in [3.63, 3.8) is 0 Å². The number of aryl methyl sites for hydroxylation is 1. The molecule has 102 valence electrons. The zero-order valence-corrected chi connectivity index (χ0v) is 11.6. The zero-order chi connectivity index (χ0) is 13.7. The molecule has 0 aliphatic rings. The van der Waals surface area contributed by atoms with Crippen molar-refractivity contribution in [1.82, 2.24) is 10.3 Å². The molecular weight excluding hydrogens is 240 g/mol. The van der Waals surface area contributed by atoms with Gasteiger partial charge in [-0.1, -0.05) is 12.1 Å². The highest BCUT2D eigenvalue weighted by Crippen LogP contribution is 2.12. The summed E-state index contributed by atoms with van der Waals surface area (Å²) in [5, 5.41) is 3.40. The summed E-state index contributed by atoms with van der Waals surface area (Å²) in [7, 11) is 1.68. The lowest BCUT2D eigenvalue weighted by Crippen LogP contribution is -2.27. The molecule has 1 aromatic heterocycles. The van der Waals surface area contributed by atoms with E-state index in [1.807, 2.05) is 19.1 Å². The van der Waals surface area contributed by atoms with Crippen LogP contribution in [0.25, 0.3) is 0 Å². The summed E-state index contributed by atoms with van der Waals surface area (Å²) in [5.41, 5.74) is 1.28. The quantitative estimate of drug-likeness (QED) is 0.867. The van der Waals surface area contributed by atoms with Crippen molar-refractivity contribution >= 4 is 0 Å². The number of rotatable bonds is 6. The Bertz CT molecular complexity index is 505. The van der Waals surface area contributed by atoms with Gasteiger partial charge in [0.05, 0.1) is 19.9 Å². The minimum atomic E-state index is 0.362. The van der Waals surface area contributed by atoms with E-state index in [0.29, 0.717) is 12.6 Å². The van der Waals surface area contributed by atoms with Gasteiger partial charge in [0.25, 0.3) is 0 Å². The topological polar surface area (TPSA) is 47.3 Å². The van der Waals surface area contributed by atoms with Crippen molar-refractivity contribution < 1.29 is 9.15 Å². The first-order valence-corrected chi connectivity index (χ1v) is 6.45. The highest BCUT2D eigenvalue weighted by atomic mass is 16.5. The van der Waals surface area contributed by atoms with Gasteiger partial charge in [-0.25, -0.2) is 4.98 Å². The van der Waals surface area contributed by atoms with Crippen LogP contribution < -0.4 is 10.1 Å². The Morgan fingerprint density at radius 2 is 2.05 bits per heavy atom. The van der Waals surface area contributed by atoms with Crippen LogP contribution in [0.15, 0.2) is 34.9 Å². The highest BCUT2D eigenvalue weighted by molar-refractivity contribution is 5.27. The van der Waals surface area contributed by atoms with Gasteiger partial charge in [-0.2, -0.15) is 0 Å². The van der Waals surface area contributed by atoms with Gasteiger partial charge in [0.1, 0.15) is 11.5 Å². The second-order valence-corrected chi connectivity index (χ2v) is 4.70. The molecule has 0 radical (unpaired) electrons. The molecule has 0 spiro atoms. The molecule has 1 unspecified atom stereocenters. The first-order valence-electron chi connectivity index (χ1n) is 6.45. The number of aromatic nitrogens is 1. The van der Waals surface area contributed by atoms with E-state index in [4.69, 9.17) is 9.15 Å². The van der Waals surface area contributed by atoms with Crippen LogP contribution in [0, 0.1) is 6.92 Å². The standard InChI is InChI=1S/C15H20N2O2/c1-11(16-10-15-17-9-12(2)19-15)8-13-4-6-14(18-3)7-5-13/h4-7,9,11,16H,8,10H2,1-3H3. The third-order valence-electron chi connectivity index (χ3n) is 2.97. The van der Waals surface area contributed by atoms with Gasteiger partial charge in [0, 0.05) is 6.04 Å². The average molecular weight is 260 g/mol. The highest BCUT2D eigenvalue weighted by Gasteiger charge is 2.06. The van der Waals surface area contributed by atoms with E-state index in [0.717, 1.165) is 23.8 Å². The molecule has 0 bridgehead atoms. The summed E-state index contributed by atoms with van der Waals surface area (Å²) in [5.74, 6) is 2.47. The number of hydrogen-bond donors (Lipinski definition) is 1. The summed E-state index contributed by atoms with van der Waals surface area (Å²) in [4.78, 5) is 4.17. The van der Waals surface area contributed by atoms with Crippen LogP contribution in [0.2, 0.25) is 0 Å². The lowest BCUT2D eigenvalue weighted by Gasteiger charge is -2.12. The third-order valence-corrected chi connectivity index (χ3v) is 2.97. The molecule has 1 N–H and O–H groups in total. The third kappa shape index (κ3) is 4.10.